The Morgan fingerprint density at radius 2 is 1.93 bits per heavy atom. The van der Waals surface area contributed by atoms with Gasteiger partial charge in [0.1, 0.15) is 7.14 Å². The van der Waals surface area contributed by atoms with Gasteiger partial charge in [0.2, 0.25) is 0 Å². The summed E-state index contributed by atoms with van der Waals surface area (Å²) in [6, 6.07) is 8.59. The van der Waals surface area contributed by atoms with E-state index in [1.807, 2.05) is 6.66 Å². The number of allylic oxidation sites excluding steroid dienone is 2. The summed E-state index contributed by atoms with van der Waals surface area (Å²) in [7, 11) is -1.95. The highest BCUT2D eigenvalue weighted by molar-refractivity contribution is 7.68. The molecule has 0 radical (unpaired) electrons. The van der Waals surface area contributed by atoms with Crippen molar-refractivity contribution in [2.45, 2.75) is 19.3 Å². The van der Waals surface area contributed by atoms with Crippen LogP contribution in [0.5, 0.6) is 0 Å². The van der Waals surface area contributed by atoms with E-state index < -0.39 is 7.14 Å². The number of aryl methyl sites for hydroxylation is 1. The van der Waals surface area contributed by atoms with Crippen LogP contribution in [0.4, 0.5) is 0 Å². The number of benzene rings is 1. The van der Waals surface area contributed by atoms with Gasteiger partial charge in [-0.15, -0.1) is 0 Å². The quantitative estimate of drug-likeness (QED) is 0.606. The summed E-state index contributed by atoms with van der Waals surface area (Å²) in [5.41, 5.74) is 4.22. The van der Waals surface area contributed by atoms with Gasteiger partial charge in [0.25, 0.3) is 0 Å². The smallest absolute Gasteiger partial charge is 0.109 e. The molecule has 1 aliphatic carbocycles. The molecule has 1 aromatic rings. The van der Waals surface area contributed by atoms with E-state index in [1.54, 1.807) is 0 Å². The molecule has 1 aliphatic heterocycles. The molecule has 0 fully saturated rings. The first kappa shape index (κ1) is 9.42. The lowest BCUT2D eigenvalue weighted by Gasteiger charge is -2.20. The molecule has 78 valence electrons. The Kier molecular flexibility index (Phi) is 1.94. The summed E-state index contributed by atoms with van der Waals surface area (Å²) in [6.07, 6.45) is 4.03. The standard InChI is InChI=1S/C13H15OP/c1-15(14)9-8-12-11-5-3-2-4-10(11)6-7-13(12)15/h2-5H,6-9H2,1H3. The zero-order chi connectivity index (χ0) is 10.5. The molecule has 1 unspecified atom stereocenters. The maximum Gasteiger partial charge on any atom is 0.109 e. The van der Waals surface area contributed by atoms with Gasteiger partial charge >= 0.3 is 0 Å². The lowest BCUT2D eigenvalue weighted by atomic mass is 9.90. The Bertz CT molecular complexity index is 499. The van der Waals surface area contributed by atoms with Crippen molar-refractivity contribution < 1.29 is 4.57 Å². The van der Waals surface area contributed by atoms with Crippen molar-refractivity contribution in [1.29, 1.82) is 0 Å². The third-order valence-electron chi connectivity index (χ3n) is 3.68. The van der Waals surface area contributed by atoms with Crippen molar-refractivity contribution >= 4 is 12.7 Å². The summed E-state index contributed by atoms with van der Waals surface area (Å²) in [4.78, 5) is 0. The number of hydrogen-bond acceptors (Lipinski definition) is 1. The molecule has 2 heteroatoms. The second kappa shape index (κ2) is 3.09. The minimum Gasteiger partial charge on any atom is -0.319 e. The van der Waals surface area contributed by atoms with E-state index in [1.165, 1.54) is 22.0 Å². The van der Waals surface area contributed by atoms with Crippen LogP contribution in [0.15, 0.2) is 29.6 Å². The van der Waals surface area contributed by atoms with Crippen LogP contribution in [0.2, 0.25) is 0 Å². The average Bonchev–Trinajstić information content (AvgIpc) is 2.55. The lowest BCUT2D eigenvalue weighted by Crippen LogP contribution is -2.01. The van der Waals surface area contributed by atoms with Crippen LogP contribution in [0.3, 0.4) is 0 Å². The average molecular weight is 218 g/mol. The Morgan fingerprint density at radius 1 is 1.13 bits per heavy atom. The molecule has 1 nitrogen and oxygen atoms in total. The van der Waals surface area contributed by atoms with Gasteiger partial charge in [0.15, 0.2) is 0 Å². The molecule has 1 aromatic carbocycles. The van der Waals surface area contributed by atoms with Crippen LogP contribution in [-0.4, -0.2) is 12.8 Å². The highest BCUT2D eigenvalue weighted by atomic mass is 31.2. The second-order valence-electron chi connectivity index (χ2n) is 4.66. The molecular weight excluding hydrogens is 203 g/mol. The number of rotatable bonds is 0. The molecule has 0 spiro atoms. The van der Waals surface area contributed by atoms with Gasteiger partial charge in [0, 0.05) is 6.16 Å². The van der Waals surface area contributed by atoms with E-state index in [2.05, 4.69) is 24.3 Å². The Morgan fingerprint density at radius 3 is 2.80 bits per heavy atom. The first-order valence-electron chi connectivity index (χ1n) is 5.56. The van der Waals surface area contributed by atoms with Crippen LogP contribution < -0.4 is 0 Å². The van der Waals surface area contributed by atoms with Gasteiger partial charge in [-0.3, -0.25) is 0 Å². The predicted octanol–water partition coefficient (Wildman–Crippen LogP) is 3.74. The fourth-order valence-corrected chi connectivity index (χ4v) is 5.16. The first-order valence-corrected chi connectivity index (χ1v) is 7.90. The number of hydrogen-bond donors (Lipinski definition) is 0. The van der Waals surface area contributed by atoms with Gasteiger partial charge < -0.3 is 4.57 Å². The summed E-state index contributed by atoms with van der Waals surface area (Å²) >= 11 is 0. The normalized spacial score (nSPS) is 28.9. The van der Waals surface area contributed by atoms with Gasteiger partial charge in [-0.25, -0.2) is 0 Å². The zero-order valence-corrected chi connectivity index (χ0v) is 9.89. The summed E-state index contributed by atoms with van der Waals surface area (Å²) < 4.78 is 12.3. The van der Waals surface area contributed by atoms with Gasteiger partial charge in [-0.2, -0.15) is 0 Å². The molecule has 1 atom stereocenters. The Hall–Kier alpha value is -0.810. The molecule has 0 N–H and O–H groups in total. The molecular formula is C13H15OP. The molecule has 0 saturated carbocycles. The maximum atomic E-state index is 12.3. The molecule has 1 heterocycles. The van der Waals surface area contributed by atoms with Crippen molar-refractivity contribution in [1.82, 2.24) is 0 Å². The molecule has 2 aliphatic rings. The van der Waals surface area contributed by atoms with Crippen molar-refractivity contribution in [3.05, 3.63) is 40.7 Å². The summed E-state index contributed by atoms with van der Waals surface area (Å²) in [5, 5.41) is 1.29. The fourth-order valence-electron chi connectivity index (χ4n) is 2.85. The molecule has 0 bridgehead atoms. The van der Waals surface area contributed by atoms with Gasteiger partial charge in [0.05, 0.1) is 0 Å². The van der Waals surface area contributed by atoms with Gasteiger partial charge in [-0.1, -0.05) is 24.3 Å². The van der Waals surface area contributed by atoms with Crippen molar-refractivity contribution in [3.63, 3.8) is 0 Å². The number of fused-ring (bicyclic) bond motifs is 2. The van der Waals surface area contributed by atoms with Crippen LogP contribution >= 0.6 is 7.14 Å². The van der Waals surface area contributed by atoms with E-state index in [9.17, 15) is 4.57 Å². The minimum atomic E-state index is -1.95. The summed E-state index contributed by atoms with van der Waals surface area (Å²) in [6.45, 7) is 1.96. The predicted molar refractivity (Wildman–Crippen MR) is 64.7 cm³/mol. The first-order chi connectivity index (χ1) is 7.18. The van der Waals surface area contributed by atoms with E-state index in [-0.39, 0.29) is 0 Å². The topological polar surface area (TPSA) is 17.1 Å². The van der Waals surface area contributed by atoms with E-state index in [0.717, 1.165) is 25.4 Å². The van der Waals surface area contributed by atoms with Crippen LogP contribution in [0.25, 0.3) is 5.57 Å². The van der Waals surface area contributed by atoms with Crippen molar-refractivity contribution in [3.8, 4) is 0 Å². The third-order valence-corrected chi connectivity index (χ3v) is 6.39. The second-order valence-corrected chi connectivity index (χ2v) is 7.85. The lowest BCUT2D eigenvalue weighted by molar-refractivity contribution is 0.583. The van der Waals surface area contributed by atoms with E-state index in [4.69, 9.17) is 0 Å². The van der Waals surface area contributed by atoms with Crippen LogP contribution in [0.1, 0.15) is 24.0 Å². The van der Waals surface area contributed by atoms with E-state index >= 15 is 0 Å². The highest BCUT2D eigenvalue weighted by Crippen LogP contribution is 2.62. The highest BCUT2D eigenvalue weighted by Gasteiger charge is 2.34. The van der Waals surface area contributed by atoms with E-state index in [0.29, 0.717) is 0 Å². The fraction of sp³-hybridized carbons (Fsp3) is 0.385. The molecule has 15 heavy (non-hydrogen) atoms. The summed E-state index contributed by atoms with van der Waals surface area (Å²) in [5.74, 6) is 0. The third kappa shape index (κ3) is 1.33. The molecule has 0 aromatic heterocycles. The minimum absolute atomic E-state index is 0.895. The van der Waals surface area contributed by atoms with Gasteiger partial charge in [-0.05, 0) is 47.9 Å². The molecule has 3 rings (SSSR count). The Labute approximate surface area is 90.6 Å². The monoisotopic (exact) mass is 218 g/mol. The van der Waals surface area contributed by atoms with Crippen molar-refractivity contribution in [2.75, 3.05) is 12.8 Å². The van der Waals surface area contributed by atoms with Crippen molar-refractivity contribution in [2.24, 2.45) is 0 Å². The van der Waals surface area contributed by atoms with Crippen LogP contribution in [-0.2, 0) is 11.0 Å². The SMILES string of the molecule is CP1(=O)CCC2=C1CCc1ccccc12. The molecule has 0 amide bonds. The zero-order valence-electron chi connectivity index (χ0n) is 8.99. The Balaban J connectivity index is 2.22. The molecule has 0 saturated heterocycles. The van der Waals surface area contributed by atoms with Crippen LogP contribution in [0, 0.1) is 0 Å². The maximum absolute atomic E-state index is 12.3. The largest absolute Gasteiger partial charge is 0.319 e.